The first-order valence-corrected chi connectivity index (χ1v) is 7.12. The number of hydrogen-bond acceptors (Lipinski definition) is 3. The highest BCUT2D eigenvalue weighted by Crippen LogP contribution is 2.38. The van der Waals surface area contributed by atoms with Crippen LogP contribution in [0, 0.1) is 0 Å². The van der Waals surface area contributed by atoms with Crippen LogP contribution in [-0.2, 0) is 0 Å². The van der Waals surface area contributed by atoms with Gasteiger partial charge in [0.2, 0.25) is 0 Å². The number of benzene rings is 2. The molecule has 0 aromatic heterocycles. The molecule has 2 unspecified atom stereocenters. The summed E-state index contributed by atoms with van der Waals surface area (Å²) in [6.45, 7) is 0. The monoisotopic (exact) mass is 281 g/mol. The fraction of sp³-hybridized carbons (Fsp3) is 0.235. The second-order valence-electron chi connectivity index (χ2n) is 5.32. The molecule has 0 heterocycles. The van der Waals surface area contributed by atoms with Crippen LogP contribution >= 0.6 is 0 Å². The number of nitrogens with one attached hydrogen (secondary N) is 2. The van der Waals surface area contributed by atoms with Gasteiger partial charge in [0.1, 0.15) is 0 Å². The van der Waals surface area contributed by atoms with E-state index < -0.39 is 0 Å². The topological polar surface area (TPSA) is 67.2 Å². The third-order valence-corrected chi connectivity index (χ3v) is 3.98. The second-order valence-corrected chi connectivity index (χ2v) is 5.32. The first kappa shape index (κ1) is 13.6. The van der Waals surface area contributed by atoms with Crippen LogP contribution in [0.5, 0.6) is 0 Å². The molecular formula is C17H19N3O. The lowest BCUT2D eigenvalue weighted by Crippen LogP contribution is -2.17. The van der Waals surface area contributed by atoms with Crippen LogP contribution in [0.4, 0.5) is 5.69 Å². The molecule has 0 saturated carbocycles. The van der Waals surface area contributed by atoms with Gasteiger partial charge < -0.3 is 16.4 Å². The van der Waals surface area contributed by atoms with E-state index in [1.807, 2.05) is 36.4 Å². The van der Waals surface area contributed by atoms with Crippen molar-refractivity contribution >= 4 is 11.6 Å². The highest BCUT2D eigenvalue weighted by molar-refractivity contribution is 5.94. The van der Waals surface area contributed by atoms with Crippen LogP contribution in [0.3, 0.4) is 0 Å². The van der Waals surface area contributed by atoms with E-state index >= 15 is 0 Å². The number of carbonyl (C=O) groups is 1. The first-order valence-electron chi connectivity index (χ1n) is 7.12. The van der Waals surface area contributed by atoms with Crippen LogP contribution < -0.4 is 16.4 Å². The number of amides is 1. The molecule has 1 aliphatic rings. The van der Waals surface area contributed by atoms with Crippen LogP contribution in [0.2, 0.25) is 0 Å². The van der Waals surface area contributed by atoms with Crippen LogP contribution in [0.1, 0.15) is 40.0 Å². The lowest BCUT2D eigenvalue weighted by Gasteiger charge is -2.15. The zero-order chi connectivity index (χ0) is 14.8. The van der Waals surface area contributed by atoms with Crippen molar-refractivity contribution in [3.8, 4) is 0 Å². The summed E-state index contributed by atoms with van der Waals surface area (Å²) in [4.78, 5) is 11.5. The van der Waals surface area contributed by atoms with Crippen molar-refractivity contribution in [1.29, 1.82) is 0 Å². The van der Waals surface area contributed by atoms with Crippen molar-refractivity contribution in [1.82, 2.24) is 5.32 Å². The maximum absolute atomic E-state index is 11.5. The van der Waals surface area contributed by atoms with Gasteiger partial charge in [0.15, 0.2) is 0 Å². The Kier molecular flexibility index (Phi) is 3.62. The number of rotatable bonds is 3. The molecule has 108 valence electrons. The van der Waals surface area contributed by atoms with E-state index in [9.17, 15) is 4.79 Å². The Morgan fingerprint density at radius 3 is 2.43 bits per heavy atom. The first-order chi connectivity index (χ1) is 10.2. The molecule has 0 aliphatic heterocycles. The van der Waals surface area contributed by atoms with E-state index in [-0.39, 0.29) is 18.0 Å². The molecule has 2 aromatic carbocycles. The minimum atomic E-state index is -0.0743. The van der Waals surface area contributed by atoms with Gasteiger partial charge in [-0.2, -0.15) is 0 Å². The van der Waals surface area contributed by atoms with Gasteiger partial charge in [-0.1, -0.05) is 24.3 Å². The molecule has 0 spiro atoms. The van der Waals surface area contributed by atoms with E-state index in [1.165, 1.54) is 11.1 Å². The molecule has 2 atom stereocenters. The number of anilines is 1. The Balaban J connectivity index is 1.77. The third kappa shape index (κ3) is 2.62. The molecule has 1 aliphatic carbocycles. The molecular weight excluding hydrogens is 262 g/mol. The molecule has 4 nitrogen and oxygen atoms in total. The van der Waals surface area contributed by atoms with Crippen LogP contribution in [0.25, 0.3) is 0 Å². The van der Waals surface area contributed by atoms with Crippen LogP contribution in [-0.4, -0.2) is 13.0 Å². The van der Waals surface area contributed by atoms with E-state index in [0.717, 1.165) is 12.1 Å². The number of hydrogen-bond donors (Lipinski definition) is 3. The smallest absolute Gasteiger partial charge is 0.251 e. The summed E-state index contributed by atoms with van der Waals surface area (Å²) in [6.07, 6.45) is 0.885. The van der Waals surface area contributed by atoms with E-state index in [0.29, 0.717) is 5.56 Å². The highest BCUT2D eigenvalue weighted by atomic mass is 16.1. The summed E-state index contributed by atoms with van der Waals surface area (Å²) in [5.41, 5.74) is 10.3. The normalized spacial score (nSPS) is 19.9. The Hall–Kier alpha value is -2.33. The standard InChI is InChI=1S/C17H19N3O/c1-19-17(21)11-6-8-12(9-7-11)20-16-10-15(18)13-4-2-3-5-14(13)16/h2-9,15-16,20H,10,18H2,1H3,(H,19,21). The van der Waals surface area contributed by atoms with Gasteiger partial charge >= 0.3 is 0 Å². The number of carbonyl (C=O) groups excluding carboxylic acids is 1. The average Bonchev–Trinajstić information content (AvgIpc) is 2.84. The summed E-state index contributed by atoms with van der Waals surface area (Å²) in [6, 6.07) is 16.1. The van der Waals surface area contributed by atoms with E-state index in [4.69, 9.17) is 5.73 Å². The Morgan fingerprint density at radius 2 is 1.76 bits per heavy atom. The van der Waals surface area contributed by atoms with Gasteiger partial charge in [-0.25, -0.2) is 0 Å². The van der Waals surface area contributed by atoms with E-state index in [2.05, 4.69) is 22.8 Å². The van der Waals surface area contributed by atoms with Gasteiger partial charge in [0.25, 0.3) is 5.91 Å². The Bertz CT molecular complexity index is 651. The second kappa shape index (κ2) is 5.58. The Labute approximate surface area is 124 Å². The molecule has 0 fully saturated rings. The summed E-state index contributed by atoms with van der Waals surface area (Å²) < 4.78 is 0. The highest BCUT2D eigenvalue weighted by Gasteiger charge is 2.27. The van der Waals surface area contributed by atoms with Crippen molar-refractivity contribution < 1.29 is 4.79 Å². The summed E-state index contributed by atoms with van der Waals surface area (Å²) in [5.74, 6) is -0.0743. The van der Waals surface area contributed by atoms with Crippen molar-refractivity contribution in [2.24, 2.45) is 5.73 Å². The number of nitrogens with two attached hydrogens (primary N) is 1. The van der Waals surface area contributed by atoms with Gasteiger partial charge in [-0.15, -0.1) is 0 Å². The minimum Gasteiger partial charge on any atom is -0.378 e. The lowest BCUT2D eigenvalue weighted by atomic mass is 10.1. The third-order valence-electron chi connectivity index (χ3n) is 3.98. The zero-order valence-corrected chi connectivity index (χ0v) is 12.0. The maximum atomic E-state index is 11.5. The van der Waals surface area contributed by atoms with Gasteiger partial charge in [0, 0.05) is 24.3 Å². The molecule has 2 aromatic rings. The molecule has 4 N–H and O–H groups in total. The zero-order valence-electron chi connectivity index (χ0n) is 12.0. The largest absolute Gasteiger partial charge is 0.378 e. The van der Waals surface area contributed by atoms with Crippen molar-refractivity contribution in [2.45, 2.75) is 18.5 Å². The van der Waals surface area contributed by atoms with Crippen LogP contribution in [0.15, 0.2) is 48.5 Å². The molecule has 0 radical (unpaired) electrons. The van der Waals surface area contributed by atoms with Gasteiger partial charge in [-0.3, -0.25) is 4.79 Å². The van der Waals surface area contributed by atoms with Crippen molar-refractivity contribution in [2.75, 3.05) is 12.4 Å². The lowest BCUT2D eigenvalue weighted by molar-refractivity contribution is 0.0963. The quantitative estimate of drug-likeness (QED) is 0.810. The molecule has 0 saturated heterocycles. The molecule has 21 heavy (non-hydrogen) atoms. The molecule has 0 bridgehead atoms. The molecule has 3 rings (SSSR count). The predicted molar refractivity (Wildman–Crippen MR) is 84.2 cm³/mol. The van der Waals surface area contributed by atoms with E-state index in [1.54, 1.807) is 7.05 Å². The van der Waals surface area contributed by atoms with Crippen molar-refractivity contribution in [3.63, 3.8) is 0 Å². The van der Waals surface area contributed by atoms with Gasteiger partial charge in [0.05, 0.1) is 6.04 Å². The fourth-order valence-corrected chi connectivity index (χ4v) is 2.87. The fourth-order valence-electron chi connectivity index (χ4n) is 2.87. The Morgan fingerprint density at radius 1 is 1.10 bits per heavy atom. The maximum Gasteiger partial charge on any atom is 0.251 e. The molecule has 4 heteroatoms. The summed E-state index contributed by atoms with van der Waals surface area (Å²) in [7, 11) is 1.63. The summed E-state index contributed by atoms with van der Waals surface area (Å²) >= 11 is 0. The summed E-state index contributed by atoms with van der Waals surface area (Å²) in [5, 5.41) is 6.12. The SMILES string of the molecule is CNC(=O)c1ccc(NC2CC(N)c3ccccc32)cc1. The predicted octanol–water partition coefficient (Wildman–Crippen LogP) is 2.60. The van der Waals surface area contributed by atoms with Crippen molar-refractivity contribution in [3.05, 3.63) is 65.2 Å². The number of fused-ring (bicyclic) bond motifs is 1. The average molecular weight is 281 g/mol. The molecule has 1 amide bonds. The minimum absolute atomic E-state index is 0.0743. The van der Waals surface area contributed by atoms with Gasteiger partial charge in [-0.05, 0) is 41.8 Å².